The van der Waals surface area contributed by atoms with Gasteiger partial charge in [-0.1, -0.05) is 12.8 Å². The summed E-state index contributed by atoms with van der Waals surface area (Å²) in [6.45, 7) is 0. The molecule has 21 heavy (non-hydrogen) atoms. The molecule has 0 aromatic carbocycles. The summed E-state index contributed by atoms with van der Waals surface area (Å²) in [5.41, 5.74) is 1.59. The number of hydrogen-bond acceptors (Lipinski definition) is 4. The van der Waals surface area contributed by atoms with Crippen molar-refractivity contribution in [2.24, 2.45) is 0 Å². The normalized spacial score (nSPS) is 14.8. The number of carboxylic acids is 1. The Morgan fingerprint density at radius 1 is 1.19 bits per heavy atom. The highest BCUT2D eigenvalue weighted by molar-refractivity contribution is 7.16. The van der Waals surface area contributed by atoms with Crippen LogP contribution < -0.4 is 5.32 Å². The lowest BCUT2D eigenvalue weighted by molar-refractivity contribution is -0.131. The van der Waals surface area contributed by atoms with Crippen molar-refractivity contribution in [1.29, 1.82) is 5.26 Å². The lowest BCUT2D eigenvalue weighted by Crippen LogP contribution is -2.08. The van der Waals surface area contributed by atoms with Gasteiger partial charge in [0.15, 0.2) is 0 Å². The molecular formula is C15H16N2O3S. The number of hydrogen-bond donors (Lipinski definition) is 2. The van der Waals surface area contributed by atoms with Crippen molar-refractivity contribution < 1.29 is 14.7 Å². The molecule has 0 radical (unpaired) electrons. The van der Waals surface area contributed by atoms with Crippen molar-refractivity contribution in [3.8, 4) is 6.07 Å². The minimum Gasteiger partial charge on any atom is -0.478 e. The molecule has 2 N–H and O–H groups in total. The lowest BCUT2D eigenvalue weighted by atomic mass is 9.97. The van der Waals surface area contributed by atoms with E-state index in [9.17, 15) is 14.9 Å². The third kappa shape index (κ3) is 3.92. The molecule has 6 heteroatoms. The van der Waals surface area contributed by atoms with Crippen LogP contribution in [0.2, 0.25) is 0 Å². The van der Waals surface area contributed by atoms with E-state index in [1.807, 2.05) is 0 Å². The van der Waals surface area contributed by atoms with E-state index in [4.69, 9.17) is 5.11 Å². The van der Waals surface area contributed by atoms with Gasteiger partial charge in [0.1, 0.15) is 11.1 Å². The number of aryl methyl sites for hydroxylation is 1. The smallest absolute Gasteiger partial charge is 0.328 e. The standard InChI is InChI=1S/C15H16N2O3S/c16-9-11-10-5-3-1-2-4-6-12(10)21-15(11)17-13(18)7-8-14(19)20/h7-8H,1-6H2,(H,17,18)(H,19,20)/b8-7-. The van der Waals surface area contributed by atoms with Crippen LogP contribution in [0.5, 0.6) is 0 Å². The maximum atomic E-state index is 11.7. The van der Waals surface area contributed by atoms with Gasteiger partial charge in [0.05, 0.1) is 5.56 Å². The minimum absolute atomic E-state index is 0.525. The Labute approximate surface area is 126 Å². The zero-order valence-electron chi connectivity index (χ0n) is 11.5. The number of nitrogens with zero attached hydrogens (tertiary/aromatic N) is 1. The van der Waals surface area contributed by atoms with Crippen LogP contribution in [-0.4, -0.2) is 17.0 Å². The van der Waals surface area contributed by atoms with Gasteiger partial charge in [-0.3, -0.25) is 4.79 Å². The predicted molar refractivity (Wildman–Crippen MR) is 80.3 cm³/mol. The van der Waals surface area contributed by atoms with Crippen LogP contribution in [0.1, 0.15) is 41.7 Å². The second-order valence-electron chi connectivity index (χ2n) is 4.89. The summed E-state index contributed by atoms with van der Waals surface area (Å²) in [6.07, 6.45) is 8.08. The Morgan fingerprint density at radius 3 is 2.57 bits per heavy atom. The van der Waals surface area contributed by atoms with Crippen LogP contribution in [0, 0.1) is 11.3 Å². The van der Waals surface area contributed by atoms with Gasteiger partial charge >= 0.3 is 5.97 Å². The number of thiophene rings is 1. The number of nitrogens with one attached hydrogen (secondary N) is 1. The van der Waals surface area contributed by atoms with Gasteiger partial charge in [0.2, 0.25) is 5.91 Å². The first kappa shape index (κ1) is 15.3. The molecule has 1 aliphatic carbocycles. The summed E-state index contributed by atoms with van der Waals surface area (Å²) in [6, 6.07) is 2.18. The molecule has 0 atom stereocenters. The molecule has 0 bridgehead atoms. The van der Waals surface area contributed by atoms with Crippen LogP contribution in [0.4, 0.5) is 5.00 Å². The summed E-state index contributed by atoms with van der Waals surface area (Å²) in [5, 5.41) is 21.0. The molecule has 0 saturated carbocycles. The summed E-state index contributed by atoms with van der Waals surface area (Å²) >= 11 is 1.44. The maximum Gasteiger partial charge on any atom is 0.328 e. The number of carboxylic acid groups (broad SMARTS) is 1. The molecule has 1 heterocycles. The second-order valence-corrected chi connectivity index (χ2v) is 6.00. The average molecular weight is 304 g/mol. The fraction of sp³-hybridized carbons (Fsp3) is 0.400. The van der Waals surface area contributed by atoms with Crippen molar-refractivity contribution in [3.05, 3.63) is 28.2 Å². The Morgan fingerprint density at radius 2 is 1.90 bits per heavy atom. The molecule has 110 valence electrons. The van der Waals surface area contributed by atoms with Crippen LogP contribution >= 0.6 is 11.3 Å². The number of carbonyl (C=O) groups is 2. The molecule has 0 aliphatic heterocycles. The van der Waals surface area contributed by atoms with Crippen molar-refractivity contribution in [3.63, 3.8) is 0 Å². The monoisotopic (exact) mass is 304 g/mol. The van der Waals surface area contributed by atoms with Crippen LogP contribution in [-0.2, 0) is 22.4 Å². The highest BCUT2D eigenvalue weighted by atomic mass is 32.1. The SMILES string of the molecule is N#Cc1c(NC(=O)/C=C\C(=O)O)sc2c1CCCCCC2. The maximum absolute atomic E-state index is 11.7. The molecule has 2 rings (SSSR count). The van der Waals surface area contributed by atoms with E-state index in [0.717, 1.165) is 43.4 Å². The van der Waals surface area contributed by atoms with E-state index >= 15 is 0 Å². The van der Waals surface area contributed by atoms with Crippen molar-refractivity contribution in [2.45, 2.75) is 38.5 Å². The number of carbonyl (C=O) groups excluding carboxylic acids is 1. The van der Waals surface area contributed by atoms with Crippen molar-refractivity contribution >= 4 is 28.2 Å². The first-order chi connectivity index (χ1) is 10.1. The molecule has 5 nitrogen and oxygen atoms in total. The number of anilines is 1. The van der Waals surface area contributed by atoms with E-state index in [2.05, 4.69) is 11.4 Å². The van der Waals surface area contributed by atoms with Crippen LogP contribution in [0.3, 0.4) is 0 Å². The number of aliphatic carboxylic acids is 1. The largest absolute Gasteiger partial charge is 0.478 e. The fourth-order valence-corrected chi connectivity index (χ4v) is 3.67. The summed E-state index contributed by atoms with van der Waals surface area (Å²) in [5.74, 6) is -1.70. The molecular weight excluding hydrogens is 288 g/mol. The van der Waals surface area contributed by atoms with E-state index in [0.29, 0.717) is 10.6 Å². The number of rotatable bonds is 3. The zero-order chi connectivity index (χ0) is 15.2. The third-order valence-corrected chi connectivity index (χ3v) is 4.60. The molecule has 1 aliphatic rings. The van der Waals surface area contributed by atoms with Gasteiger partial charge < -0.3 is 10.4 Å². The van der Waals surface area contributed by atoms with Crippen molar-refractivity contribution in [2.75, 3.05) is 5.32 Å². The van der Waals surface area contributed by atoms with Gasteiger partial charge in [-0.05, 0) is 31.2 Å². The predicted octanol–water partition coefficient (Wildman–Crippen LogP) is 2.86. The van der Waals surface area contributed by atoms with Gasteiger partial charge in [-0.25, -0.2) is 4.79 Å². The van der Waals surface area contributed by atoms with E-state index in [1.54, 1.807) is 0 Å². The average Bonchev–Trinajstić information content (AvgIpc) is 2.72. The van der Waals surface area contributed by atoms with Gasteiger partial charge in [0.25, 0.3) is 0 Å². The number of amides is 1. The number of nitriles is 1. The fourth-order valence-electron chi connectivity index (χ4n) is 2.43. The van der Waals surface area contributed by atoms with E-state index in [1.165, 1.54) is 29.1 Å². The lowest BCUT2D eigenvalue weighted by Gasteiger charge is -2.08. The second kappa shape index (κ2) is 7.04. The van der Waals surface area contributed by atoms with Gasteiger partial charge in [-0.15, -0.1) is 11.3 Å². The van der Waals surface area contributed by atoms with Gasteiger partial charge in [-0.2, -0.15) is 5.26 Å². The highest BCUT2D eigenvalue weighted by Crippen LogP contribution is 2.36. The minimum atomic E-state index is -1.18. The summed E-state index contributed by atoms with van der Waals surface area (Å²) in [4.78, 5) is 23.2. The third-order valence-electron chi connectivity index (χ3n) is 3.40. The van der Waals surface area contributed by atoms with Gasteiger partial charge in [0, 0.05) is 17.0 Å². The molecule has 0 fully saturated rings. The quantitative estimate of drug-likeness (QED) is 0.840. The van der Waals surface area contributed by atoms with Crippen LogP contribution in [0.25, 0.3) is 0 Å². The highest BCUT2D eigenvalue weighted by Gasteiger charge is 2.19. The molecule has 1 amide bonds. The number of fused-ring (bicyclic) bond motifs is 1. The Balaban J connectivity index is 2.24. The molecule has 0 saturated heterocycles. The summed E-state index contributed by atoms with van der Waals surface area (Å²) < 4.78 is 0. The first-order valence-electron chi connectivity index (χ1n) is 6.88. The molecule has 1 aromatic heterocycles. The summed E-state index contributed by atoms with van der Waals surface area (Å²) in [7, 11) is 0. The molecule has 0 unspecified atom stereocenters. The Bertz CT molecular complexity index is 626. The van der Waals surface area contributed by atoms with E-state index in [-0.39, 0.29) is 0 Å². The zero-order valence-corrected chi connectivity index (χ0v) is 12.3. The van der Waals surface area contributed by atoms with Crippen LogP contribution in [0.15, 0.2) is 12.2 Å². The van der Waals surface area contributed by atoms with E-state index < -0.39 is 11.9 Å². The topological polar surface area (TPSA) is 90.2 Å². The Hall–Kier alpha value is -2.13. The Kier molecular flexibility index (Phi) is 5.12. The molecule has 0 spiro atoms. The van der Waals surface area contributed by atoms with Crippen molar-refractivity contribution in [1.82, 2.24) is 0 Å². The first-order valence-corrected chi connectivity index (χ1v) is 7.70. The molecule has 1 aromatic rings.